The lowest BCUT2D eigenvalue weighted by molar-refractivity contribution is 0.199. The van der Waals surface area contributed by atoms with Gasteiger partial charge in [0.2, 0.25) is 0 Å². The number of urea groups is 1. The van der Waals surface area contributed by atoms with Gasteiger partial charge in [-0.3, -0.25) is 0 Å². The predicted molar refractivity (Wildman–Crippen MR) is 251 cm³/mol. The number of carbonyl (C=O) groups excluding carboxylic acids is 1. The number of hydrogen-bond donors (Lipinski definition) is 2. The van der Waals surface area contributed by atoms with Gasteiger partial charge in [-0.05, 0) is 133 Å². The van der Waals surface area contributed by atoms with Gasteiger partial charge in [0.25, 0.3) is 0 Å². The molecule has 64 heavy (non-hydrogen) atoms. The Labute approximate surface area is 382 Å². The van der Waals surface area contributed by atoms with E-state index in [0.717, 1.165) is 93.0 Å². The Balaban J connectivity index is 0.000000184. The minimum atomic E-state index is -0.00909. The van der Waals surface area contributed by atoms with Crippen LogP contribution in [0, 0.1) is 22.7 Å². The van der Waals surface area contributed by atoms with E-state index in [1.54, 1.807) is 0 Å². The number of fused-ring (bicyclic) bond motifs is 2. The quantitative estimate of drug-likeness (QED) is 0.134. The third-order valence-electron chi connectivity index (χ3n) is 11.8. The smallest absolute Gasteiger partial charge is 0.317 e. The van der Waals surface area contributed by atoms with Gasteiger partial charge in [0, 0.05) is 47.4 Å². The number of aromatic nitrogens is 4. The number of benzene rings is 4. The second-order valence-electron chi connectivity index (χ2n) is 17.1. The molecule has 13 nitrogen and oxygen atoms in total. The Morgan fingerprint density at radius 2 is 1.27 bits per heavy atom. The molecule has 0 unspecified atom stereocenters. The highest BCUT2D eigenvalue weighted by Gasteiger charge is 2.32. The van der Waals surface area contributed by atoms with Crippen LogP contribution in [0.25, 0.3) is 42.3 Å². The number of nitrogens with one attached hydrogen (secondary N) is 1. The number of nitrogens with zero attached hydrogens (tertiary/aromatic N) is 8. The zero-order chi connectivity index (χ0) is 45.1. The third kappa shape index (κ3) is 9.49. The molecule has 9 rings (SSSR count). The summed E-state index contributed by atoms with van der Waals surface area (Å²) in [5.41, 5.74) is 16.0. The molecule has 1 saturated heterocycles. The fraction of sp³-hybridized carbons (Fsp3) is 0.367. The predicted octanol–water partition coefficient (Wildman–Crippen LogP) is 9.34. The number of likely N-dealkylation sites (tertiary alicyclic amines) is 1. The second kappa shape index (κ2) is 19.3. The maximum Gasteiger partial charge on any atom is 0.317 e. The van der Waals surface area contributed by atoms with Gasteiger partial charge in [0.1, 0.15) is 43.7 Å². The molecular formula is C49H52N10O3S2. The summed E-state index contributed by atoms with van der Waals surface area (Å²) in [5, 5.41) is 43.3. The third-order valence-corrected chi connectivity index (χ3v) is 13.8. The van der Waals surface area contributed by atoms with E-state index in [0.29, 0.717) is 28.7 Å². The van der Waals surface area contributed by atoms with Gasteiger partial charge in [0.05, 0.1) is 29.4 Å². The number of ether oxygens (including phenoxy) is 2. The molecule has 3 N–H and O–H groups in total. The average molecular weight is 893 g/mol. The molecule has 3 heterocycles. The topological polar surface area (TPSA) is 179 Å². The van der Waals surface area contributed by atoms with E-state index in [-0.39, 0.29) is 30.3 Å². The maximum atomic E-state index is 13.0. The highest BCUT2D eigenvalue weighted by atomic mass is 32.1. The SMILES string of the molecule is CC(C)Oc1ccc(-c2nnc(-c3cccc4c3CC[C@H]4N)s2)cc1C#N.CC(C)Oc1ccc(-c2nnc(-c3cccc4c3CC[C@H]4NC(=O)N3CC[C@@H](N(C)C)C3)s2)cc1C#N. The minimum absolute atomic E-state index is 0.0000589. The first-order valence-corrected chi connectivity index (χ1v) is 23.3. The zero-order valence-corrected chi connectivity index (χ0v) is 38.6. The second-order valence-corrected chi connectivity index (χ2v) is 19.0. The van der Waals surface area contributed by atoms with Crippen molar-refractivity contribution in [3.8, 4) is 65.9 Å². The number of hydrogen-bond acceptors (Lipinski definition) is 13. The Morgan fingerprint density at radius 1 is 0.750 bits per heavy atom. The van der Waals surface area contributed by atoms with Crippen molar-refractivity contribution in [3.63, 3.8) is 0 Å². The van der Waals surface area contributed by atoms with Gasteiger partial charge < -0.3 is 30.3 Å². The summed E-state index contributed by atoms with van der Waals surface area (Å²) in [6, 6.07) is 28.5. The fourth-order valence-electron chi connectivity index (χ4n) is 8.59. The van der Waals surface area contributed by atoms with Crippen molar-refractivity contribution in [2.75, 3.05) is 27.2 Å². The number of amides is 2. The molecule has 4 aromatic carbocycles. The van der Waals surface area contributed by atoms with Crippen molar-refractivity contribution in [1.29, 1.82) is 10.5 Å². The Morgan fingerprint density at radius 3 is 1.78 bits per heavy atom. The van der Waals surface area contributed by atoms with E-state index in [4.69, 9.17) is 15.2 Å². The summed E-state index contributed by atoms with van der Waals surface area (Å²) in [4.78, 5) is 17.1. The number of likely N-dealkylation sites (N-methyl/N-ethyl adjacent to an activating group) is 1. The molecule has 0 spiro atoms. The van der Waals surface area contributed by atoms with Crippen LogP contribution in [-0.4, -0.2) is 81.7 Å². The Bertz CT molecular complexity index is 2750. The van der Waals surface area contributed by atoms with Gasteiger partial charge in [-0.25, -0.2) is 4.79 Å². The first-order chi connectivity index (χ1) is 30.9. The molecule has 2 aromatic heterocycles. The van der Waals surface area contributed by atoms with Crippen LogP contribution in [0.15, 0.2) is 72.8 Å². The van der Waals surface area contributed by atoms with Crippen molar-refractivity contribution in [1.82, 2.24) is 35.5 Å². The first-order valence-electron chi connectivity index (χ1n) is 21.7. The lowest BCUT2D eigenvalue weighted by Gasteiger charge is -2.23. The van der Waals surface area contributed by atoms with Crippen molar-refractivity contribution < 1.29 is 14.3 Å². The molecule has 0 radical (unpaired) electrons. The molecule has 1 aliphatic heterocycles. The molecule has 0 saturated carbocycles. The number of carbonyl (C=O) groups is 1. The molecule has 1 fully saturated rings. The first kappa shape index (κ1) is 44.4. The number of rotatable bonds is 10. The van der Waals surface area contributed by atoms with Crippen LogP contribution >= 0.6 is 22.7 Å². The molecule has 6 aromatic rings. The van der Waals surface area contributed by atoms with Crippen molar-refractivity contribution in [2.24, 2.45) is 5.73 Å². The van der Waals surface area contributed by atoms with E-state index in [1.807, 2.05) is 81.1 Å². The lowest BCUT2D eigenvalue weighted by atomic mass is 10.0. The summed E-state index contributed by atoms with van der Waals surface area (Å²) < 4.78 is 11.4. The molecule has 0 bridgehead atoms. The lowest BCUT2D eigenvalue weighted by Crippen LogP contribution is -2.41. The van der Waals surface area contributed by atoms with E-state index in [2.05, 4.69) is 81.1 Å². The highest BCUT2D eigenvalue weighted by molar-refractivity contribution is 7.18. The van der Waals surface area contributed by atoms with Crippen molar-refractivity contribution in [3.05, 3.63) is 106 Å². The summed E-state index contributed by atoms with van der Waals surface area (Å²) >= 11 is 3.04. The average Bonchev–Trinajstić information content (AvgIpc) is 4.15. The molecule has 328 valence electrons. The zero-order valence-electron chi connectivity index (χ0n) is 37.0. The van der Waals surface area contributed by atoms with Gasteiger partial charge in [0.15, 0.2) is 0 Å². The normalized spacial score (nSPS) is 17.4. The van der Waals surface area contributed by atoms with E-state index in [1.165, 1.54) is 39.4 Å². The standard InChI is InChI=1S/C28H32N6O2S.C21H20N4OS/c1-17(2)36-25-11-8-18(14-19(25)15-29)26-31-32-27(37-26)23-7-5-6-22-21(23)9-10-24(22)30-28(35)34-13-12-20(16-34)33(3)4;1-12(2)26-19-9-6-13(10-14(19)11-22)20-24-25-21(27-20)17-5-3-4-16-15(17)7-8-18(16)23/h5-8,11,14,17,20,24H,9-10,12-13,16H2,1-4H3,(H,30,35);3-6,9-10,12,18H,7-8,23H2,1-2H3/t20-,24-;18-/m11/s1. The van der Waals surface area contributed by atoms with Crippen LogP contribution in [0.3, 0.4) is 0 Å². The molecule has 2 amide bonds. The highest BCUT2D eigenvalue weighted by Crippen LogP contribution is 2.42. The van der Waals surface area contributed by atoms with Crippen LogP contribution < -0.4 is 20.5 Å². The summed E-state index contributed by atoms with van der Waals surface area (Å²) in [7, 11) is 4.14. The number of nitriles is 2. The van der Waals surface area contributed by atoms with Crippen LogP contribution in [-0.2, 0) is 12.8 Å². The molecule has 2 aliphatic carbocycles. The molecule has 3 aliphatic rings. The summed E-state index contributed by atoms with van der Waals surface area (Å²) in [5.74, 6) is 1.17. The van der Waals surface area contributed by atoms with E-state index in [9.17, 15) is 15.3 Å². The van der Waals surface area contributed by atoms with Crippen LogP contribution in [0.2, 0.25) is 0 Å². The van der Waals surface area contributed by atoms with E-state index < -0.39 is 0 Å². The largest absolute Gasteiger partial charge is 0.490 e. The summed E-state index contributed by atoms with van der Waals surface area (Å²) in [6.45, 7) is 9.32. The van der Waals surface area contributed by atoms with Crippen LogP contribution in [0.4, 0.5) is 4.79 Å². The number of nitrogens with two attached hydrogens (primary N) is 1. The van der Waals surface area contributed by atoms with Gasteiger partial charge >= 0.3 is 6.03 Å². The fourth-order valence-corrected chi connectivity index (χ4v) is 10.4. The van der Waals surface area contributed by atoms with Crippen molar-refractivity contribution in [2.45, 2.75) is 90.1 Å². The van der Waals surface area contributed by atoms with Gasteiger partial charge in [-0.2, -0.15) is 10.5 Å². The van der Waals surface area contributed by atoms with Crippen LogP contribution in [0.5, 0.6) is 11.5 Å². The summed E-state index contributed by atoms with van der Waals surface area (Å²) in [6.07, 6.45) is 4.72. The molecule has 3 atom stereocenters. The van der Waals surface area contributed by atoms with Crippen molar-refractivity contribution >= 4 is 28.7 Å². The van der Waals surface area contributed by atoms with Gasteiger partial charge in [-0.15, -0.1) is 20.4 Å². The monoisotopic (exact) mass is 892 g/mol. The molecular weight excluding hydrogens is 841 g/mol. The molecule has 15 heteroatoms. The maximum absolute atomic E-state index is 13.0. The Hall–Kier alpha value is -6.23. The van der Waals surface area contributed by atoms with E-state index >= 15 is 0 Å². The Kier molecular flexibility index (Phi) is 13.3. The minimum Gasteiger partial charge on any atom is -0.490 e. The van der Waals surface area contributed by atoms with Crippen LogP contribution in [0.1, 0.15) is 92.4 Å². The van der Waals surface area contributed by atoms with Gasteiger partial charge in [-0.1, -0.05) is 59.1 Å².